The molecular weight excluding hydrogens is 607 g/mol. The Morgan fingerprint density at radius 1 is 1.02 bits per heavy atom. The van der Waals surface area contributed by atoms with Crippen molar-refractivity contribution in [1.29, 1.82) is 0 Å². The molecule has 1 aliphatic heterocycles. The number of hydrogen-bond acceptors (Lipinski definition) is 8. The zero-order valence-corrected chi connectivity index (χ0v) is 24.5. The van der Waals surface area contributed by atoms with E-state index in [0.29, 0.717) is 21.3 Å². The number of aromatic nitrogens is 2. The first-order valence-electron chi connectivity index (χ1n) is 13.8. The Kier molecular flexibility index (Phi) is 9.16. The highest BCUT2D eigenvalue weighted by Crippen LogP contribution is 2.44. The molecular formula is C29H29ClF3N5O4S. The third-order valence-corrected chi connectivity index (χ3v) is 9.01. The van der Waals surface area contributed by atoms with Gasteiger partial charge in [0.1, 0.15) is 15.6 Å². The molecule has 14 heteroatoms. The molecule has 6 rings (SSSR count). The molecule has 2 aromatic carbocycles. The van der Waals surface area contributed by atoms with Crippen molar-refractivity contribution >= 4 is 46.3 Å². The van der Waals surface area contributed by atoms with Crippen LogP contribution in [-0.4, -0.2) is 86.7 Å². The van der Waals surface area contributed by atoms with Gasteiger partial charge >= 0.3 is 12.1 Å². The maximum Gasteiger partial charge on any atom is 0.490 e. The topological polar surface area (TPSA) is 116 Å². The fraction of sp³-hybridized carbons (Fsp3) is 0.414. The lowest BCUT2D eigenvalue weighted by Gasteiger charge is -2.39. The smallest absolute Gasteiger partial charge is 0.475 e. The minimum absolute atomic E-state index is 0.0227. The quantitative estimate of drug-likeness (QED) is 0.326. The number of carboxylic acids is 1. The number of hydrogen-bond donors (Lipinski definition) is 2. The Hall–Kier alpha value is -3.39. The van der Waals surface area contributed by atoms with Crippen LogP contribution in [0.5, 0.6) is 0 Å². The molecule has 3 aromatic rings. The first-order valence-corrected chi connectivity index (χ1v) is 15.0. The number of anilines is 1. The van der Waals surface area contributed by atoms with Crippen molar-refractivity contribution < 1.29 is 32.7 Å². The number of piperazine rings is 1. The third kappa shape index (κ3) is 7.58. The molecule has 0 radical (unpaired) electrons. The maximum atomic E-state index is 13.4. The SMILES string of the molecule is O=C(Cc1nnc(-c2ccccc2)s1)c1ccc(Cl)c(NC(=O)C2(N3CCN(C4CC4)CC3)CC2)c1.O=C(O)C(F)(F)F. The normalized spacial score (nSPS) is 18.3. The van der Waals surface area contributed by atoms with Crippen LogP contribution in [0, 0.1) is 0 Å². The maximum absolute atomic E-state index is 13.4. The number of nitrogens with one attached hydrogen (secondary N) is 1. The molecule has 0 atom stereocenters. The van der Waals surface area contributed by atoms with E-state index in [4.69, 9.17) is 21.5 Å². The first-order chi connectivity index (χ1) is 20.5. The lowest BCUT2D eigenvalue weighted by molar-refractivity contribution is -0.192. The zero-order valence-electron chi connectivity index (χ0n) is 22.9. The number of rotatable bonds is 8. The predicted octanol–water partition coefficient (Wildman–Crippen LogP) is 5.17. The van der Waals surface area contributed by atoms with Gasteiger partial charge < -0.3 is 10.4 Å². The van der Waals surface area contributed by atoms with E-state index in [9.17, 15) is 22.8 Å². The number of carbonyl (C=O) groups is 3. The summed E-state index contributed by atoms with van der Waals surface area (Å²) in [6, 6.07) is 15.6. The molecule has 1 amide bonds. The fourth-order valence-corrected chi connectivity index (χ4v) is 6.06. The number of carboxylic acid groups (broad SMARTS) is 1. The summed E-state index contributed by atoms with van der Waals surface area (Å²) in [5, 5.41) is 20.5. The molecule has 2 heterocycles. The summed E-state index contributed by atoms with van der Waals surface area (Å²) in [4.78, 5) is 40.2. The molecule has 0 unspecified atom stereocenters. The van der Waals surface area contributed by atoms with Crippen molar-refractivity contribution in [1.82, 2.24) is 20.0 Å². The summed E-state index contributed by atoms with van der Waals surface area (Å²) in [5.74, 6) is -2.87. The average Bonchev–Trinajstić information content (AvgIpc) is 3.92. The molecule has 2 saturated carbocycles. The van der Waals surface area contributed by atoms with E-state index in [-0.39, 0.29) is 18.1 Å². The lowest BCUT2D eigenvalue weighted by Crippen LogP contribution is -2.55. The second-order valence-corrected chi connectivity index (χ2v) is 12.2. The van der Waals surface area contributed by atoms with Crippen molar-refractivity contribution in [3.63, 3.8) is 0 Å². The largest absolute Gasteiger partial charge is 0.490 e. The Morgan fingerprint density at radius 3 is 2.26 bits per heavy atom. The van der Waals surface area contributed by atoms with Crippen LogP contribution < -0.4 is 5.32 Å². The molecule has 9 nitrogen and oxygen atoms in total. The summed E-state index contributed by atoms with van der Waals surface area (Å²) in [7, 11) is 0. The Morgan fingerprint density at radius 2 is 1.67 bits per heavy atom. The van der Waals surface area contributed by atoms with Gasteiger partial charge in [0.2, 0.25) is 5.91 Å². The second kappa shape index (κ2) is 12.7. The minimum atomic E-state index is -5.08. The molecule has 0 bridgehead atoms. The monoisotopic (exact) mass is 635 g/mol. The van der Waals surface area contributed by atoms with E-state index >= 15 is 0 Å². The van der Waals surface area contributed by atoms with Gasteiger partial charge in [-0.3, -0.25) is 19.4 Å². The highest BCUT2D eigenvalue weighted by Gasteiger charge is 2.55. The third-order valence-electron chi connectivity index (χ3n) is 7.71. The van der Waals surface area contributed by atoms with Crippen molar-refractivity contribution in [2.75, 3.05) is 31.5 Å². The number of halogens is 4. The van der Waals surface area contributed by atoms with Crippen LogP contribution in [0.2, 0.25) is 5.02 Å². The van der Waals surface area contributed by atoms with E-state index in [1.807, 2.05) is 30.3 Å². The van der Waals surface area contributed by atoms with Crippen molar-refractivity contribution in [2.45, 2.75) is 49.9 Å². The number of ketones is 1. The number of aliphatic carboxylic acids is 1. The van der Waals surface area contributed by atoms with Gasteiger partial charge in [-0.05, 0) is 43.9 Å². The van der Waals surface area contributed by atoms with Crippen LogP contribution in [0.15, 0.2) is 48.5 Å². The van der Waals surface area contributed by atoms with Gasteiger partial charge in [0, 0.05) is 43.3 Å². The standard InChI is InChI=1S/C27H28ClN5O2S.C2HF3O2/c28-21-9-6-19(23(34)17-24-30-31-25(36-24)18-4-2-1-3-5-18)16-22(21)29-26(35)27(10-11-27)33-14-12-32(13-15-33)20-7-8-20;3-2(4,5)1(6)7/h1-6,9,16,20H,7-8,10-15,17H2,(H,29,35);(H,6,7). The average molecular weight is 636 g/mol. The number of nitrogens with zero attached hydrogens (tertiary/aromatic N) is 4. The Balaban J connectivity index is 0.000000472. The number of benzene rings is 2. The molecule has 3 fully saturated rings. The van der Waals surface area contributed by atoms with E-state index < -0.39 is 17.7 Å². The van der Waals surface area contributed by atoms with Crippen LogP contribution in [-0.2, 0) is 16.0 Å². The summed E-state index contributed by atoms with van der Waals surface area (Å²) in [6.45, 7) is 3.90. The van der Waals surface area contributed by atoms with Crippen LogP contribution in [0.1, 0.15) is 41.0 Å². The second-order valence-electron chi connectivity index (χ2n) is 10.7. The molecule has 2 N–H and O–H groups in total. The molecule has 3 aliphatic rings. The first kappa shape index (κ1) is 31.0. The van der Waals surface area contributed by atoms with Crippen molar-refractivity contribution in [3.05, 3.63) is 64.1 Å². The number of Topliss-reactive ketones (excluding diaryl/α,β-unsaturated/α-hetero) is 1. The zero-order chi connectivity index (χ0) is 30.8. The molecule has 0 spiro atoms. The molecule has 1 saturated heterocycles. The van der Waals surface area contributed by atoms with Gasteiger partial charge in [0.05, 0.1) is 17.1 Å². The molecule has 2 aliphatic carbocycles. The highest BCUT2D eigenvalue weighted by atomic mass is 35.5. The molecule has 228 valence electrons. The van der Waals surface area contributed by atoms with Gasteiger partial charge in [-0.2, -0.15) is 13.2 Å². The number of carbonyl (C=O) groups excluding carboxylic acids is 2. The predicted molar refractivity (Wildman–Crippen MR) is 155 cm³/mol. The van der Waals surface area contributed by atoms with E-state index in [0.717, 1.165) is 55.6 Å². The van der Waals surface area contributed by atoms with E-state index in [2.05, 4.69) is 25.3 Å². The Bertz CT molecular complexity index is 1490. The highest BCUT2D eigenvalue weighted by molar-refractivity contribution is 7.14. The molecule has 1 aromatic heterocycles. The number of amides is 1. The summed E-state index contributed by atoms with van der Waals surface area (Å²) in [5.41, 5.74) is 1.51. The van der Waals surface area contributed by atoms with Gasteiger partial charge in [0.25, 0.3) is 0 Å². The van der Waals surface area contributed by atoms with E-state index in [1.165, 1.54) is 24.2 Å². The number of alkyl halides is 3. The summed E-state index contributed by atoms with van der Waals surface area (Å²) < 4.78 is 31.7. The van der Waals surface area contributed by atoms with Gasteiger partial charge in [0.15, 0.2) is 5.78 Å². The minimum Gasteiger partial charge on any atom is -0.475 e. The summed E-state index contributed by atoms with van der Waals surface area (Å²) in [6.07, 6.45) is -0.591. The Labute approximate surface area is 254 Å². The van der Waals surface area contributed by atoms with E-state index in [1.54, 1.807) is 18.2 Å². The van der Waals surface area contributed by atoms with Crippen LogP contribution >= 0.6 is 22.9 Å². The molecule has 43 heavy (non-hydrogen) atoms. The van der Waals surface area contributed by atoms with Crippen LogP contribution in [0.4, 0.5) is 18.9 Å². The van der Waals surface area contributed by atoms with Gasteiger partial charge in [-0.25, -0.2) is 4.79 Å². The van der Waals surface area contributed by atoms with Gasteiger partial charge in [-0.1, -0.05) is 53.3 Å². The van der Waals surface area contributed by atoms with Crippen molar-refractivity contribution in [3.8, 4) is 10.6 Å². The van der Waals surface area contributed by atoms with Crippen LogP contribution in [0.3, 0.4) is 0 Å². The fourth-order valence-electron chi connectivity index (χ4n) is 5.06. The van der Waals surface area contributed by atoms with Gasteiger partial charge in [-0.15, -0.1) is 10.2 Å². The lowest BCUT2D eigenvalue weighted by atomic mass is 10.1. The summed E-state index contributed by atoms with van der Waals surface area (Å²) >= 11 is 7.84. The van der Waals surface area contributed by atoms with Crippen molar-refractivity contribution in [2.24, 2.45) is 0 Å². The van der Waals surface area contributed by atoms with Crippen LogP contribution in [0.25, 0.3) is 10.6 Å².